The fourth-order valence-electron chi connectivity index (χ4n) is 6.65. The summed E-state index contributed by atoms with van der Waals surface area (Å²) in [5.74, 6) is -3.70. The molecule has 278 valence electrons. The number of carbonyl (C=O) groups excluding carboxylic acids is 1. The van der Waals surface area contributed by atoms with Gasteiger partial charge in [0.2, 0.25) is 12.6 Å². The van der Waals surface area contributed by atoms with Crippen LogP contribution in [-0.4, -0.2) is 152 Å². The first-order valence-electron chi connectivity index (χ1n) is 15.9. The molecule has 50 heavy (non-hydrogen) atoms. The van der Waals surface area contributed by atoms with E-state index in [2.05, 4.69) is 0 Å². The molecule has 1 aromatic rings. The van der Waals surface area contributed by atoms with Crippen molar-refractivity contribution in [2.45, 2.75) is 87.2 Å². The maximum Gasteiger partial charge on any atom is 0.334 e. The van der Waals surface area contributed by atoms with E-state index in [-0.39, 0.29) is 23.5 Å². The maximum absolute atomic E-state index is 13.0. The number of rotatable bonds is 11. The monoisotopic (exact) mass is 714 g/mol. The van der Waals surface area contributed by atoms with E-state index in [0.29, 0.717) is 5.56 Å². The van der Waals surface area contributed by atoms with E-state index in [1.54, 1.807) is 13.0 Å². The summed E-state index contributed by atoms with van der Waals surface area (Å²) in [6, 6.07) is 4.49. The average molecular weight is 715 g/mol. The number of aliphatic carboxylic acids is 1. The number of aliphatic hydroxyl groups excluding tert-OH is 8. The molecule has 3 fully saturated rings. The Kier molecular flexibility index (Phi) is 12.0. The van der Waals surface area contributed by atoms with Crippen molar-refractivity contribution < 1.29 is 88.7 Å². The second kappa shape index (κ2) is 15.9. The van der Waals surface area contributed by atoms with E-state index in [9.17, 15) is 55.5 Å². The number of ether oxygens (including phenoxy) is 7. The standard InChI is InChI=1S/C32H42O18/c1-12-17(8-14-15(29(42)43)11-45-30(22(12)14)50-32-28(41)26(39)24(37)20(10-34)49-32)46-21(35)6-4-13-3-5-16(18(7-13)44-2)47-31-27(40)25(38)23(36)19(9-33)48-31/h3-7,11-12,14,17,19-20,22-28,30-34,36-41H,8-10H2,1-2H3,(H,42,43)/b6-4+/t12?,14?,17?,19-,20-,22?,23-,24-,25+,26+,27-,28-,30?,31-,32+/m1/s1. The van der Waals surface area contributed by atoms with Gasteiger partial charge in [-0.05, 0) is 30.2 Å². The molecule has 5 unspecified atom stereocenters. The quantitative estimate of drug-likeness (QED) is 0.0827. The molecule has 15 atom stereocenters. The van der Waals surface area contributed by atoms with Crippen LogP contribution in [0.4, 0.5) is 0 Å². The van der Waals surface area contributed by atoms with Gasteiger partial charge in [-0.25, -0.2) is 9.59 Å². The maximum atomic E-state index is 13.0. The molecule has 1 saturated carbocycles. The Morgan fingerprint density at radius 3 is 2.08 bits per heavy atom. The molecule has 3 aliphatic heterocycles. The number of carboxylic acid groups (broad SMARTS) is 1. The van der Waals surface area contributed by atoms with Crippen LogP contribution >= 0.6 is 0 Å². The minimum absolute atomic E-state index is 0.0808. The summed E-state index contributed by atoms with van der Waals surface area (Å²) in [6.45, 7) is 0.397. The molecule has 0 bridgehead atoms. The Bertz CT molecular complexity index is 1410. The van der Waals surface area contributed by atoms with Crippen molar-refractivity contribution in [3.05, 3.63) is 41.7 Å². The molecular weight excluding hydrogens is 672 g/mol. The van der Waals surface area contributed by atoms with Crippen molar-refractivity contribution in [2.75, 3.05) is 20.3 Å². The van der Waals surface area contributed by atoms with Crippen LogP contribution in [0.5, 0.6) is 11.5 Å². The topological polar surface area (TPSA) is 281 Å². The van der Waals surface area contributed by atoms with Crippen LogP contribution in [0.15, 0.2) is 36.1 Å². The number of esters is 1. The SMILES string of the molecule is COc1cc(/C=C/C(=O)OC2CC3C(C(=O)O)=COC(O[C@@H]4O[C@H](CO)[C@@H](O)[C@H](O)[C@H]4O)C3C2C)ccc1O[C@@H]1O[C@H](CO)[C@@H](O)[C@H](O)[C@H]1O. The van der Waals surface area contributed by atoms with Gasteiger partial charge in [-0.1, -0.05) is 13.0 Å². The lowest BCUT2D eigenvalue weighted by Crippen LogP contribution is -2.60. The smallest absolute Gasteiger partial charge is 0.334 e. The van der Waals surface area contributed by atoms with E-state index in [1.807, 2.05) is 0 Å². The highest BCUT2D eigenvalue weighted by atomic mass is 16.8. The largest absolute Gasteiger partial charge is 0.493 e. The van der Waals surface area contributed by atoms with Crippen molar-refractivity contribution in [3.63, 3.8) is 0 Å². The zero-order valence-corrected chi connectivity index (χ0v) is 26.9. The summed E-state index contributed by atoms with van der Waals surface area (Å²) in [5, 5.41) is 89.8. The summed E-state index contributed by atoms with van der Waals surface area (Å²) in [7, 11) is 1.34. The van der Waals surface area contributed by atoms with Gasteiger partial charge in [0.1, 0.15) is 54.9 Å². The van der Waals surface area contributed by atoms with Gasteiger partial charge >= 0.3 is 11.9 Å². The fourth-order valence-corrected chi connectivity index (χ4v) is 6.65. The average Bonchev–Trinajstić information content (AvgIpc) is 3.43. The lowest BCUT2D eigenvalue weighted by Gasteiger charge is -2.43. The normalized spacial score (nSPS) is 40.0. The number of hydrogen-bond acceptors (Lipinski definition) is 17. The molecule has 1 aliphatic carbocycles. The molecule has 18 nitrogen and oxygen atoms in total. The molecule has 2 saturated heterocycles. The zero-order chi connectivity index (χ0) is 36.4. The summed E-state index contributed by atoms with van der Waals surface area (Å²) in [4.78, 5) is 25.0. The molecule has 4 aliphatic rings. The first-order valence-corrected chi connectivity index (χ1v) is 15.9. The summed E-state index contributed by atoms with van der Waals surface area (Å²) < 4.78 is 39.0. The number of fused-ring (bicyclic) bond motifs is 1. The van der Waals surface area contributed by atoms with Gasteiger partial charge in [0, 0.05) is 23.8 Å². The summed E-state index contributed by atoms with van der Waals surface area (Å²) in [5.41, 5.74) is 0.383. The van der Waals surface area contributed by atoms with E-state index in [1.165, 1.54) is 25.3 Å². The van der Waals surface area contributed by atoms with Crippen molar-refractivity contribution >= 4 is 18.0 Å². The first kappa shape index (κ1) is 37.8. The van der Waals surface area contributed by atoms with Gasteiger partial charge in [0.05, 0.1) is 32.2 Å². The highest BCUT2D eigenvalue weighted by molar-refractivity contribution is 5.88. The van der Waals surface area contributed by atoms with Crippen molar-refractivity contribution in [1.82, 2.24) is 0 Å². The highest BCUT2D eigenvalue weighted by Gasteiger charge is 2.54. The molecule has 0 aromatic heterocycles. The highest BCUT2D eigenvalue weighted by Crippen LogP contribution is 2.48. The Hall–Kier alpha value is -3.40. The van der Waals surface area contributed by atoms with Gasteiger partial charge in [-0.2, -0.15) is 0 Å². The third-order valence-electron chi connectivity index (χ3n) is 9.51. The molecule has 18 heteroatoms. The van der Waals surface area contributed by atoms with Gasteiger partial charge < -0.3 is 79.1 Å². The van der Waals surface area contributed by atoms with Gasteiger partial charge in [-0.3, -0.25) is 0 Å². The van der Waals surface area contributed by atoms with E-state index in [4.69, 9.17) is 33.2 Å². The predicted octanol–water partition coefficient (Wildman–Crippen LogP) is -2.79. The minimum Gasteiger partial charge on any atom is -0.493 e. The second-order valence-corrected chi connectivity index (χ2v) is 12.5. The number of methoxy groups -OCH3 is 1. The summed E-state index contributed by atoms with van der Waals surface area (Å²) >= 11 is 0. The number of carboxylic acids is 1. The van der Waals surface area contributed by atoms with Crippen LogP contribution in [0, 0.1) is 17.8 Å². The lowest BCUT2D eigenvalue weighted by molar-refractivity contribution is -0.342. The molecule has 0 radical (unpaired) electrons. The fraction of sp³-hybridized carbons (Fsp3) is 0.625. The van der Waals surface area contributed by atoms with Crippen LogP contribution in [-0.2, 0) is 33.3 Å². The molecule has 0 spiro atoms. The van der Waals surface area contributed by atoms with E-state index in [0.717, 1.165) is 12.3 Å². The Labute approximate surface area is 285 Å². The molecule has 5 rings (SSSR count). The third-order valence-corrected chi connectivity index (χ3v) is 9.51. The Morgan fingerprint density at radius 2 is 1.48 bits per heavy atom. The first-order chi connectivity index (χ1) is 23.8. The molecule has 1 aromatic carbocycles. The lowest BCUT2D eigenvalue weighted by atomic mass is 9.83. The molecule has 9 N–H and O–H groups in total. The number of aliphatic hydroxyl groups is 8. The van der Waals surface area contributed by atoms with Crippen molar-refractivity contribution in [2.24, 2.45) is 17.8 Å². The van der Waals surface area contributed by atoms with Gasteiger partial charge in [0.15, 0.2) is 17.8 Å². The summed E-state index contributed by atoms with van der Waals surface area (Å²) in [6.07, 6.45) is -13.6. The molecule has 0 amide bonds. The van der Waals surface area contributed by atoms with Crippen LogP contribution in [0.25, 0.3) is 6.08 Å². The number of carbonyl (C=O) groups is 2. The number of hydrogen-bond donors (Lipinski definition) is 9. The van der Waals surface area contributed by atoms with Crippen LogP contribution in [0.3, 0.4) is 0 Å². The molecule has 3 heterocycles. The predicted molar refractivity (Wildman–Crippen MR) is 163 cm³/mol. The van der Waals surface area contributed by atoms with Crippen LogP contribution < -0.4 is 9.47 Å². The zero-order valence-electron chi connectivity index (χ0n) is 26.9. The van der Waals surface area contributed by atoms with Crippen LogP contribution in [0.1, 0.15) is 18.9 Å². The van der Waals surface area contributed by atoms with E-state index >= 15 is 0 Å². The minimum atomic E-state index is -1.72. The molecular formula is C32H42O18. The number of benzene rings is 1. The second-order valence-electron chi connectivity index (χ2n) is 12.5. The van der Waals surface area contributed by atoms with Crippen molar-refractivity contribution in [1.29, 1.82) is 0 Å². The Balaban J connectivity index is 1.24. The van der Waals surface area contributed by atoms with Gasteiger partial charge in [0.25, 0.3) is 0 Å². The van der Waals surface area contributed by atoms with E-state index < -0.39 is 117 Å². The van der Waals surface area contributed by atoms with Crippen molar-refractivity contribution in [3.8, 4) is 11.5 Å². The third kappa shape index (κ3) is 7.60. The van der Waals surface area contributed by atoms with Crippen LogP contribution in [0.2, 0.25) is 0 Å². The Morgan fingerprint density at radius 1 is 0.860 bits per heavy atom. The van der Waals surface area contributed by atoms with Gasteiger partial charge in [-0.15, -0.1) is 0 Å².